The van der Waals surface area contributed by atoms with Gasteiger partial charge in [0.25, 0.3) is 5.91 Å². The summed E-state index contributed by atoms with van der Waals surface area (Å²) >= 11 is 6.19. The zero-order valence-electron chi connectivity index (χ0n) is 19.9. The van der Waals surface area contributed by atoms with Crippen LogP contribution in [-0.2, 0) is 9.59 Å². The number of rotatable bonds is 5. The van der Waals surface area contributed by atoms with Crippen LogP contribution in [0.15, 0.2) is 57.1 Å². The van der Waals surface area contributed by atoms with Crippen molar-refractivity contribution < 1.29 is 19.1 Å². The molecule has 35 heavy (non-hydrogen) atoms. The molecule has 1 aromatic heterocycles. The van der Waals surface area contributed by atoms with E-state index in [9.17, 15) is 14.7 Å². The molecule has 0 radical (unpaired) electrons. The molecule has 2 aliphatic heterocycles. The van der Waals surface area contributed by atoms with Gasteiger partial charge >= 0.3 is 0 Å². The van der Waals surface area contributed by atoms with Crippen LogP contribution in [-0.4, -0.2) is 69.2 Å². The van der Waals surface area contributed by atoms with Crippen molar-refractivity contribution in [2.24, 2.45) is 11.0 Å². The van der Waals surface area contributed by atoms with Crippen molar-refractivity contribution in [2.75, 3.05) is 19.6 Å². The van der Waals surface area contributed by atoms with Gasteiger partial charge < -0.3 is 19.3 Å². The fourth-order valence-corrected chi connectivity index (χ4v) is 5.28. The number of furan rings is 1. The molecular formula is C26H31ClN4O4. The number of aliphatic hydroxyl groups excluding tert-OH is 1. The van der Waals surface area contributed by atoms with Crippen molar-refractivity contribution in [1.82, 2.24) is 14.8 Å². The summed E-state index contributed by atoms with van der Waals surface area (Å²) in [6, 6.07) is 2.01. The molecule has 2 aliphatic carbocycles. The van der Waals surface area contributed by atoms with Gasteiger partial charge in [-0.05, 0) is 75.2 Å². The molecule has 1 saturated heterocycles. The number of nitrogens with zero attached hydrogens (tertiary/aromatic N) is 4. The van der Waals surface area contributed by atoms with Crippen molar-refractivity contribution in [3.8, 4) is 0 Å². The Balaban J connectivity index is 1.31. The maximum Gasteiger partial charge on any atom is 0.270 e. The Morgan fingerprint density at radius 3 is 2.57 bits per heavy atom. The van der Waals surface area contributed by atoms with Crippen molar-refractivity contribution in [1.29, 1.82) is 0 Å². The van der Waals surface area contributed by atoms with E-state index >= 15 is 0 Å². The average molecular weight is 499 g/mol. The number of hydrogen-bond donors (Lipinski definition) is 1. The first-order valence-electron chi connectivity index (χ1n) is 12.3. The van der Waals surface area contributed by atoms with Crippen molar-refractivity contribution in [3.05, 3.63) is 53.1 Å². The lowest BCUT2D eigenvalue weighted by atomic mass is 9.91. The minimum absolute atomic E-state index is 0.0408. The number of hydrazone groups is 1. The van der Waals surface area contributed by atoms with Crippen LogP contribution in [0.5, 0.6) is 0 Å². The van der Waals surface area contributed by atoms with E-state index in [0.717, 1.165) is 49.8 Å². The van der Waals surface area contributed by atoms with Gasteiger partial charge in [0.2, 0.25) is 5.91 Å². The Kier molecular flexibility index (Phi) is 6.84. The maximum absolute atomic E-state index is 13.3. The summed E-state index contributed by atoms with van der Waals surface area (Å²) in [7, 11) is 0. The normalized spacial score (nSPS) is 27.3. The van der Waals surface area contributed by atoms with Crippen LogP contribution in [0.1, 0.15) is 51.0 Å². The van der Waals surface area contributed by atoms with Crippen LogP contribution in [0.4, 0.5) is 0 Å². The summed E-state index contributed by atoms with van der Waals surface area (Å²) in [5.74, 6) is 0.204. The molecule has 0 atom stereocenters. The average Bonchev–Trinajstić information content (AvgIpc) is 3.58. The van der Waals surface area contributed by atoms with Crippen LogP contribution < -0.4 is 0 Å². The lowest BCUT2D eigenvalue weighted by Crippen LogP contribution is -2.57. The fraction of sp³-hybridized carbons (Fsp3) is 0.500. The first kappa shape index (κ1) is 23.9. The monoisotopic (exact) mass is 498 g/mol. The molecule has 9 heteroatoms. The molecule has 1 N–H and O–H groups in total. The van der Waals surface area contributed by atoms with E-state index in [1.807, 2.05) is 17.0 Å². The number of hydrogen-bond acceptors (Lipinski definition) is 6. The van der Waals surface area contributed by atoms with Gasteiger partial charge in [0, 0.05) is 30.2 Å². The third kappa shape index (κ3) is 5.09. The zero-order chi connectivity index (χ0) is 24.5. The summed E-state index contributed by atoms with van der Waals surface area (Å²) < 4.78 is 5.30. The number of halogens is 1. The maximum atomic E-state index is 13.3. The van der Waals surface area contributed by atoms with E-state index in [1.165, 1.54) is 11.1 Å². The number of piperazine rings is 1. The van der Waals surface area contributed by atoms with Gasteiger partial charge in [-0.15, -0.1) is 0 Å². The van der Waals surface area contributed by atoms with E-state index in [0.29, 0.717) is 24.7 Å². The summed E-state index contributed by atoms with van der Waals surface area (Å²) in [5.41, 5.74) is 5.27. The van der Waals surface area contributed by atoms with Crippen molar-refractivity contribution in [3.63, 3.8) is 0 Å². The quantitative estimate of drug-likeness (QED) is 0.625. The molecule has 2 saturated carbocycles. The fourth-order valence-electron chi connectivity index (χ4n) is 5.13. The molecule has 2 amide bonds. The minimum atomic E-state index is -0.269. The predicted molar refractivity (Wildman–Crippen MR) is 133 cm³/mol. The van der Waals surface area contributed by atoms with Crippen LogP contribution in [0.2, 0.25) is 0 Å². The highest BCUT2D eigenvalue weighted by Gasteiger charge is 2.35. The Morgan fingerprint density at radius 1 is 1.17 bits per heavy atom. The molecule has 1 aromatic rings. The van der Waals surface area contributed by atoms with E-state index < -0.39 is 0 Å². The van der Waals surface area contributed by atoms with Gasteiger partial charge in [-0.2, -0.15) is 5.10 Å². The smallest absolute Gasteiger partial charge is 0.270 e. The lowest BCUT2D eigenvalue weighted by Gasteiger charge is -2.41. The molecule has 3 heterocycles. The second-order valence-electron chi connectivity index (χ2n) is 9.77. The van der Waals surface area contributed by atoms with Crippen molar-refractivity contribution in [2.45, 2.75) is 57.6 Å². The number of carbonyl (C=O) groups excluding carboxylic acids is 2. The molecule has 0 bridgehead atoms. The molecule has 186 valence electrons. The largest absolute Gasteiger partial charge is 0.472 e. The Morgan fingerprint density at radius 2 is 1.94 bits per heavy atom. The van der Waals surface area contributed by atoms with Gasteiger partial charge in [0.05, 0.1) is 30.0 Å². The highest BCUT2D eigenvalue weighted by Crippen LogP contribution is 2.43. The topological polar surface area (TPSA) is 89.6 Å². The van der Waals surface area contributed by atoms with Crippen LogP contribution >= 0.6 is 11.6 Å². The SMILES string of the molecule is C/C(=N\N1C(c2ccoc2)=CC(C2CC2)=C/C1=C\Cl)C(=O)N1CCN(C2CCC(O)CC2)C(=O)C1. The Hall–Kier alpha value is -2.84. The number of allylic oxidation sites excluding steroid dienone is 3. The first-order valence-corrected chi connectivity index (χ1v) is 12.8. The number of aliphatic hydroxyl groups is 1. The van der Waals surface area contributed by atoms with Crippen LogP contribution in [0, 0.1) is 5.92 Å². The predicted octanol–water partition coefficient (Wildman–Crippen LogP) is 3.70. The lowest BCUT2D eigenvalue weighted by molar-refractivity contribution is -0.145. The van der Waals surface area contributed by atoms with Crippen LogP contribution in [0.3, 0.4) is 0 Å². The molecule has 0 unspecified atom stereocenters. The Bertz CT molecular complexity index is 1090. The highest BCUT2D eigenvalue weighted by molar-refractivity contribution is 6.38. The minimum Gasteiger partial charge on any atom is -0.472 e. The van der Waals surface area contributed by atoms with E-state index in [2.05, 4.69) is 11.2 Å². The second kappa shape index (κ2) is 10.0. The van der Waals surface area contributed by atoms with Gasteiger partial charge in [-0.3, -0.25) is 9.59 Å². The summed E-state index contributed by atoms with van der Waals surface area (Å²) in [4.78, 5) is 29.6. The molecule has 3 fully saturated rings. The standard InChI is InChI=1S/C26H31ClN4O4/c1-17(26(34)29-9-10-30(25(33)15-29)21-4-6-23(32)7-5-21)28-31-22(14-27)12-20(18-2-3-18)13-24(31)19-8-11-35-16-19/h8,11-14,16,18,21,23,32H,2-7,9-10,15H2,1H3/b22-14+,28-17+. The van der Waals surface area contributed by atoms with Gasteiger partial charge in [0.15, 0.2) is 0 Å². The van der Waals surface area contributed by atoms with E-state index in [1.54, 1.807) is 29.4 Å². The van der Waals surface area contributed by atoms with Crippen LogP contribution in [0.25, 0.3) is 5.70 Å². The third-order valence-electron chi connectivity index (χ3n) is 7.28. The van der Waals surface area contributed by atoms with E-state index in [-0.39, 0.29) is 36.2 Å². The molecule has 8 nitrogen and oxygen atoms in total. The van der Waals surface area contributed by atoms with E-state index in [4.69, 9.17) is 16.0 Å². The molecule has 5 rings (SSSR count). The second-order valence-corrected chi connectivity index (χ2v) is 9.99. The van der Waals surface area contributed by atoms with Gasteiger partial charge in [-0.1, -0.05) is 11.6 Å². The van der Waals surface area contributed by atoms with Crippen molar-refractivity contribution >= 4 is 34.8 Å². The molecule has 4 aliphatic rings. The highest BCUT2D eigenvalue weighted by atomic mass is 35.5. The molecule has 0 aromatic carbocycles. The van der Waals surface area contributed by atoms with Gasteiger partial charge in [0.1, 0.15) is 12.3 Å². The summed E-state index contributed by atoms with van der Waals surface area (Å²) in [6.07, 6.45) is 12.4. The Labute approximate surface area is 210 Å². The summed E-state index contributed by atoms with van der Waals surface area (Å²) in [6.45, 7) is 2.67. The first-order chi connectivity index (χ1) is 16.9. The number of amides is 2. The zero-order valence-corrected chi connectivity index (χ0v) is 20.7. The number of carbonyl (C=O) groups is 2. The molecular weight excluding hydrogens is 468 g/mol. The van der Waals surface area contributed by atoms with Gasteiger partial charge in [-0.25, -0.2) is 5.01 Å². The summed E-state index contributed by atoms with van der Waals surface area (Å²) in [5, 5.41) is 16.1. The third-order valence-corrected chi connectivity index (χ3v) is 7.50. The molecule has 0 spiro atoms.